The highest BCUT2D eigenvalue weighted by Crippen LogP contribution is 2.30. The molecule has 0 spiro atoms. The van der Waals surface area contributed by atoms with Crippen LogP contribution in [-0.4, -0.2) is 31.1 Å². The summed E-state index contributed by atoms with van der Waals surface area (Å²) in [5.41, 5.74) is 1.51. The first-order chi connectivity index (χ1) is 14.5. The van der Waals surface area contributed by atoms with Crippen LogP contribution < -0.4 is 14.2 Å². The van der Waals surface area contributed by atoms with Gasteiger partial charge in [0.1, 0.15) is 5.75 Å². The zero-order valence-electron chi connectivity index (χ0n) is 17.8. The number of benzene rings is 2. The third-order valence-electron chi connectivity index (χ3n) is 4.54. The Hall–Kier alpha value is -2.99. The molecule has 5 nitrogen and oxygen atoms in total. The van der Waals surface area contributed by atoms with Gasteiger partial charge < -0.3 is 19.1 Å². The lowest BCUT2D eigenvalue weighted by Crippen LogP contribution is -2.30. The van der Waals surface area contributed by atoms with Gasteiger partial charge in [0.15, 0.2) is 11.5 Å². The third kappa shape index (κ3) is 5.33. The van der Waals surface area contributed by atoms with Gasteiger partial charge in [0, 0.05) is 16.0 Å². The second-order valence-corrected chi connectivity index (χ2v) is 8.12. The largest absolute Gasteiger partial charge is 0.496 e. The van der Waals surface area contributed by atoms with E-state index in [2.05, 4.69) is 0 Å². The lowest BCUT2D eigenvalue weighted by Gasteiger charge is -2.24. The normalized spacial score (nSPS) is 10.7. The molecule has 0 aliphatic heterocycles. The molecule has 3 rings (SSSR count). The average Bonchev–Trinajstić information content (AvgIpc) is 3.26. The highest BCUT2D eigenvalue weighted by atomic mass is 32.1. The number of carbonyl (C=O) groups is 1. The zero-order chi connectivity index (χ0) is 21.5. The molecule has 6 heteroatoms. The van der Waals surface area contributed by atoms with Crippen LogP contribution in [0.15, 0.2) is 60.0 Å². The summed E-state index contributed by atoms with van der Waals surface area (Å²) >= 11 is 1.63. The molecule has 0 fully saturated rings. The summed E-state index contributed by atoms with van der Waals surface area (Å²) < 4.78 is 16.7. The van der Waals surface area contributed by atoms with Crippen molar-refractivity contribution in [3.8, 4) is 17.2 Å². The monoisotopic (exact) mass is 425 g/mol. The first-order valence-corrected chi connectivity index (χ1v) is 10.7. The highest BCUT2D eigenvalue weighted by Gasteiger charge is 2.20. The lowest BCUT2D eigenvalue weighted by molar-refractivity contribution is 0.0730. The highest BCUT2D eigenvalue weighted by molar-refractivity contribution is 7.09. The van der Waals surface area contributed by atoms with Gasteiger partial charge in [-0.15, -0.1) is 11.3 Å². The Balaban J connectivity index is 1.91. The summed E-state index contributed by atoms with van der Waals surface area (Å²) in [6, 6.07) is 17.1. The fourth-order valence-corrected chi connectivity index (χ4v) is 3.88. The Bertz CT molecular complexity index is 969. The number of hydrogen-bond donors (Lipinski definition) is 0. The predicted molar refractivity (Wildman–Crippen MR) is 120 cm³/mol. The molecule has 0 radical (unpaired) electrons. The predicted octanol–water partition coefficient (Wildman–Crippen LogP) is 5.40. The van der Waals surface area contributed by atoms with E-state index in [4.69, 9.17) is 14.2 Å². The van der Waals surface area contributed by atoms with Gasteiger partial charge in [-0.3, -0.25) is 4.79 Å². The van der Waals surface area contributed by atoms with E-state index in [0.717, 1.165) is 16.2 Å². The molecule has 158 valence electrons. The van der Waals surface area contributed by atoms with Crippen LogP contribution in [0.5, 0.6) is 17.2 Å². The molecule has 0 saturated heterocycles. The number of thiophene rings is 1. The minimum Gasteiger partial charge on any atom is -0.496 e. The van der Waals surface area contributed by atoms with Crippen molar-refractivity contribution in [2.24, 2.45) is 0 Å². The summed E-state index contributed by atoms with van der Waals surface area (Å²) in [5, 5.41) is 2.02. The summed E-state index contributed by atoms with van der Waals surface area (Å²) in [6.07, 6.45) is 0.0151. The quantitative estimate of drug-likeness (QED) is 0.461. The van der Waals surface area contributed by atoms with Crippen molar-refractivity contribution in [1.29, 1.82) is 0 Å². The van der Waals surface area contributed by atoms with E-state index in [-0.39, 0.29) is 12.0 Å². The molecule has 1 amide bonds. The van der Waals surface area contributed by atoms with E-state index in [1.807, 2.05) is 60.5 Å². The SMILES string of the molecule is COc1ccccc1CN(Cc1cccs1)C(=O)c1ccc(OC(C)C)c(OC)c1. The molecule has 0 aliphatic rings. The van der Waals surface area contributed by atoms with Crippen molar-refractivity contribution in [3.63, 3.8) is 0 Å². The minimum absolute atomic E-state index is 0.0151. The fraction of sp³-hybridized carbons (Fsp3) is 0.292. The van der Waals surface area contributed by atoms with E-state index < -0.39 is 0 Å². The summed E-state index contributed by atoms with van der Waals surface area (Å²) in [5.74, 6) is 1.85. The Morgan fingerprint density at radius 3 is 2.37 bits per heavy atom. The van der Waals surface area contributed by atoms with Gasteiger partial charge in [-0.2, -0.15) is 0 Å². The molecular weight excluding hydrogens is 398 g/mol. The molecule has 1 heterocycles. The van der Waals surface area contributed by atoms with Crippen LogP contribution in [0.3, 0.4) is 0 Å². The van der Waals surface area contributed by atoms with Gasteiger partial charge >= 0.3 is 0 Å². The minimum atomic E-state index is -0.0799. The number of hydrogen-bond acceptors (Lipinski definition) is 5. The zero-order valence-corrected chi connectivity index (χ0v) is 18.6. The maximum absolute atomic E-state index is 13.5. The molecule has 0 unspecified atom stereocenters. The van der Waals surface area contributed by atoms with Crippen LogP contribution in [0.2, 0.25) is 0 Å². The number of amides is 1. The number of ether oxygens (including phenoxy) is 3. The van der Waals surface area contributed by atoms with Crippen LogP contribution >= 0.6 is 11.3 Å². The molecule has 1 aromatic heterocycles. The molecule has 0 saturated carbocycles. The third-order valence-corrected chi connectivity index (χ3v) is 5.40. The number of nitrogens with zero attached hydrogens (tertiary/aromatic N) is 1. The van der Waals surface area contributed by atoms with E-state index >= 15 is 0 Å². The molecule has 0 bridgehead atoms. The maximum atomic E-state index is 13.5. The topological polar surface area (TPSA) is 48.0 Å². The van der Waals surface area contributed by atoms with E-state index in [9.17, 15) is 4.79 Å². The van der Waals surface area contributed by atoms with E-state index in [1.165, 1.54) is 0 Å². The van der Waals surface area contributed by atoms with Crippen molar-refractivity contribution < 1.29 is 19.0 Å². The van der Waals surface area contributed by atoms with Crippen molar-refractivity contribution in [2.45, 2.75) is 33.0 Å². The standard InChI is InChI=1S/C24H27NO4S/c1-17(2)29-22-12-11-18(14-23(22)28-4)24(26)25(16-20-9-7-13-30-20)15-19-8-5-6-10-21(19)27-3/h5-14,17H,15-16H2,1-4H3. The van der Waals surface area contributed by atoms with E-state index in [0.29, 0.717) is 30.2 Å². The molecule has 3 aromatic rings. The van der Waals surface area contributed by atoms with Crippen molar-refractivity contribution in [2.75, 3.05) is 14.2 Å². The second-order valence-electron chi connectivity index (χ2n) is 7.08. The molecule has 0 N–H and O–H groups in total. The second kappa shape index (κ2) is 10.2. The van der Waals surface area contributed by atoms with Crippen molar-refractivity contribution >= 4 is 17.2 Å². The van der Waals surface area contributed by atoms with Gasteiger partial charge in [-0.05, 0) is 49.6 Å². The van der Waals surface area contributed by atoms with Crippen LogP contribution in [0.4, 0.5) is 0 Å². The Kier molecular flexibility index (Phi) is 7.36. The van der Waals surface area contributed by atoms with Crippen molar-refractivity contribution in [3.05, 3.63) is 76.0 Å². The first-order valence-electron chi connectivity index (χ1n) is 9.80. The summed E-state index contributed by atoms with van der Waals surface area (Å²) in [6.45, 7) is 4.86. The number of carbonyl (C=O) groups excluding carboxylic acids is 1. The first kappa shape index (κ1) is 21.7. The number of para-hydroxylation sites is 1. The van der Waals surface area contributed by atoms with Crippen LogP contribution in [0.1, 0.15) is 34.6 Å². The summed E-state index contributed by atoms with van der Waals surface area (Å²) in [4.78, 5) is 16.4. The summed E-state index contributed by atoms with van der Waals surface area (Å²) in [7, 11) is 3.22. The van der Waals surface area contributed by atoms with Gasteiger partial charge in [0.2, 0.25) is 0 Å². The van der Waals surface area contributed by atoms with Crippen molar-refractivity contribution in [1.82, 2.24) is 4.90 Å². The molecule has 0 aliphatic carbocycles. The lowest BCUT2D eigenvalue weighted by atomic mass is 10.1. The number of rotatable bonds is 9. The molecule has 0 atom stereocenters. The smallest absolute Gasteiger partial charge is 0.254 e. The Morgan fingerprint density at radius 2 is 1.70 bits per heavy atom. The molecule has 30 heavy (non-hydrogen) atoms. The fourth-order valence-electron chi connectivity index (χ4n) is 3.16. The van der Waals surface area contributed by atoms with Gasteiger partial charge in [0.25, 0.3) is 5.91 Å². The van der Waals surface area contributed by atoms with Crippen LogP contribution in [-0.2, 0) is 13.1 Å². The average molecular weight is 426 g/mol. The molecule has 2 aromatic carbocycles. The molecular formula is C24H27NO4S. The van der Waals surface area contributed by atoms with Gasteiger partial charge in [0.05, 0.1) is 33.4 Å². The van der Waals surface area contributed by atoms with Crippen LogP contribution in [0.25, 0.3) is 0 Å². The van der Waals surface area contributed by atoms with E-state index in [1.54, 1.807) is 43.8 Å². The maximum Gasteiger partial charge on any atom is 0.254 e. The van der Waals surface area contributed by atoms with Gasteiger partial charge in [-0.1, -0.05) is 24.3 Å². The Labute approximate surface area is 181 Å². The number of methoxy groups -OCH3 is 2. The van der Waals surface area contributed by atoms with Gasteiger partial charge in [-0.25, -0.2) is 0 Å². The van der Waals surface area contributed by atoms with Crippen LogP contribution in [0, 0.1) is 0 Å². The Morgan fingerprint density at radius 1 is 0.933 bits per heavy atom.